The summed E-state index contributed by atoms with van der Waals surface area (Å²) in [6.45, 7) is 3.30. The zero-order valence-electron chi connectivity index (χ0n) is 9.45. The van der Waals surface area contributed by atoms with Crippen molar-refractivity contribution < 1.29 is 9.90 Å². The highest BCUT2D eigenvalue weighted by molar-refractivity contribution is 8.00. The van der Waals surface area contributed by atoms with Crippen LogP contribution in [0, 0.1) is 0 Å². The normalized spacial score (nSPS) is 25.3. The molecule has 15 heavy (non-hydrogen) atoms. The number of urea groups is 1. The van der Waals surface area contributed by atoms with Crippen LogP contribution in [0.4, 0.5) is 4.79 Å². The molecule has 0 aromatic rings. The van der Waals surface area contributed by atoms with Crippen LogP contribution in [0.5, 0.6) is 0 Å². The Hall–Kier alpha value is -0.420. The lowest BCUT2D eigenvalue weighted by molar-refractivity contribution is 0.189. The number of likely N-dealkylation sites (N-methyl/N-ethyl adjacent to an activating group) is 1. The number of carbonyl (C=O) groups is 1. The number of carbonyl (C=O) groups excluding carboxylic acids is 1. The van der Waals surface area contributed by atoms with Crippen molar-refractivity contribution in [3.05, 3.63) is 0 Å². The Morgan fingerprint density at radius 2 is 2.40 bits per heavy atom. The molecule has 1 unspecified atom stereocenters. The van der Waals surface area contributed by atoms with Gasteiger partial charge in [0, 0.05) is 24.9 Å². The number of nitrogens with one attached hydrogen (secondary N) is 1. The van der Waals surface area contributed by atoms with E-state index in [-0.39, 0.29) is 17.4 Å². The van der Waals surface area contributed by atoms with Crippen LogP contribution in [0.2, 0.25) is 0 Å². The minimum atomic E-state index is -0.0993. The van der Waals surface area contributed by atoms with E-state index in [1.807, 2.05) is 11.8 Å². The van der Waals surface area contributed by atoms with Crippen LogP contribution in [0.3, 0.4) is 0 Å². The first-order chi connectivity index (χ1) is 7.07. The summed E-state index contributed by atoms with van der Waals surface area (Å²) >= 11 is 1.93. The molecule has 0 aliphatic carbocycles. The molecule has 0 aromatic carbocycles. The summed E-state index contributed by atoms with van der Waals surface area (Å²) < 4.78 is 0.204. The number of nitrogens with zero attached hydrogens (tertiary/aromatic N) is 1. The van der Waals surface area contributed by atoms with Gasteiger partial charge in [-0.05, 0) is 25.5 Å². The van der Waals surface area contributed by atoms with E-state index >= 15 is 0 Å². The van der Waals surface area contributed by atoms with Crippen LogP contribution in [-0.4, -0.2) is 53.3 Å². The third-order valence-electron chi connectivity index (χ3n) is 2.70. The van der Waals surface area contributed by atoms with Crippen molar-refractivity contribution in [1.82, 2.24) is 10.2 Å². The number of hydrogen-bond donors (Lipinski definition) is 2. The van der Waals surface area contributed by atoms with E-state index in [1.54, 1.807) is 7.05 Å². The third-order valence-corrected chi connectivity index (χ3v) is 4.23. The molecule has 1 saturated heterocycles. The lowest BCUT2D eigenvalue weighted by Gasteiger charge is -2.25. The van der Waals surface area contributed by atoms with Crippen LogP contribution in [0.1, 0.15) is 19.8 Å². The molecule has 0 spiro atoms. The smallest absolute Gasteiger partial charge is 0.317 e. The number of hydrogen-bond acceptors (Lipinski definition) is 3. The molecule has 5 heteroatoms. The van der Waals surface area contributed by atoms with Gasteiger partial charge in [-0.2, -0.15) is 11.8 Å². The Bertz CT molecular complexity index is 217. The number of aliphatic hydroxyl groups excluding tert-OH is 1. The Labute approximate surface area is 95.4 Å². The second kappa shape index (κ2) is 5.61. The minimum absolute atomic E-state index is 0.00986. The lowest BCUT2D eigenvalue weighted by Crippen LogP contribution is -2.44. The number of rotatable bonds is 4. The van der Waals surface area contributed by atoms with Gasteiger partial charge in [0.25, 0.3) is 0 Å². The van der Waals surface area contributed by atoms with Crippen molar-refractivity contribution in [3.8, 4) is 0 Å². The minimum Gasteiger partial charge on any atom is -0.395 e. The molecule has 0 saturated carbocycles. The van der Waals surface area contributed by atoms with E-state index in [0.717, 1.165) is 0 Å². The molecular weight excluding hydrogens is 212 g/mol. The molecule has 0 aromatic heterocycles. The molecule has 1 rings (SSSR count). The average Bonchev–Trinajstić information content (AvgIpc) is 2.63. The van der Waals surface area contributed by atoms with Crippen LogP contribution in [0.15, 0.2) is 0 Å². The summed E-state index contributed by atoms with van der Waals surface area (Å²) in [4.78, 5) is 13.0. The van der Waals surface area contributed by atoms with E-state index in [4.69, 9.17) is 5.11 Å². The Morgan fingerprint density at radius 1 is 1.67 bits per heavy atom. The topological polar surface area (TPSA) is 52.6 Å². The van der Waals surface area contributed by atoms with Crippen molar-refractivity contribution in [2.45, 2.75) is 24.5 Å². The van der Waals surface area contributed by atoms with Gasteiger partial charge < -0.3 is 15.3 Å². The first kappa shape index (κ1) is 12.6. The van der Waals surface area contributed by atoms with Gasteiger partial charge in [0.2, 0.25) is 0 Å². The van der Waals surface area contributed by atoms with Gasteiger partial charge in [-0.1, -0.05) is 0 Å². The molecular formula is C10H20N2O2S. The maximum Gasteiger partial charge on any atom is 0.317 e. The SMILES string of the molecule is CN(CCO)C(=O)NCC1(C)CCCS1. The third kappa shape index (κ3) is 3.91. The van der Waals surface area contributed by atoms with E-state index < -0.39 is 0 Å². The molecule has 0 bridgehead atoms. The largest absolute Gasteiger partial charge is 0.395 e. The quantitative estimate of drug-likeness (QED) is 0.757. The maximum absolute atomic E-state index is 11.5. The fraction of sp³-hybridized carbons (Fsp3) is 0.900. The van der Waals surface area contributed by atoms with Crippen LogP contribution in [-0.2, 0) is 0 Å². The molecule has 4 nitrogen and oxygen atoms in total. The molecule has 1 aliphatic heterocycles. The van der Waals surface area contributed by atoms with Crippen LogP contribution >= 0.6 is 11.8 Å². The highest BCUT2D eigenvalue weighted by atomic mass is 32.2. The molecule has 1 fully saturated rings. The summed E-state index contributed by atoms with van der Waals surface area (Å²) in [6.07, 6.45) is 2.41. The standard InChI is InChI=1S/C10H20N2O2S/c1-10(4-3-7-15-10)8-11-9(14)12(2)5-6-13/h13H,3-8H2,1-2H3,(H,11,14). The van der Waals surface area contributed by atoms with Crippen molar-refractivity contribution >= 4 is 17.8 Å². The van der Waals surface area contributed by atoms with Crippen LogP contribution < -0.4 is 5.32 Å². The first-order valence-electron chi connectivity index (χ1n) is 5.31. The molecule has 2 N–H and O–H groups in total. The van der Waals surface area contributed by atoms with E-state index in [9.17, 15) is 4.79 Å². The van der Waals surface area contributed by atoms with Gasteiger partial charge in [-0.25, -0.2) is 4.79 Å². The molecule has 0 radical (unpaired) electrons. The second-order valence-electron chi connectivity index (χ2n) is 4.21. The zero-order valence-corrected chi connectivity index (χ0v) is 10.3. The van der Waals surface area contributed by atoms with Gasteiger partial charge in [0.15, 0.2) is 0 Å². The summed E-state index contributed by atoms with van der Waals surface area (Å²) in [5, 5.41) is 11.6. The number of amides is 2. The predicted octanol–water partition coefficient (Wildman–Crippen LogP) is 0.906. The number of aliphatic hydroxyl groups is 1. The Balaban J connectivity index is 2.26. The maximum atomic E-state index is 11.5. The van der Waals surface area contributed by atoms with E-state index in [2.05, 4.69) is 12.2 Å². The van der Waals surface area contributed by atoms with Crippen LogP contribution in [0.25, 0.3) is 0 Å². The van der Waals surface area contributed by atoms with Crippen molar-refractivity contribution in [2.24, 2.45) is 0 Å². The molecule has 1 atom stereocenters. The fourth-order valence-corrected chi connectivity index (χ4v) is 2.87. The highest BCUT2D eigenvalue weighted by Crippen LogP contribution is 2.36. The summed E-state index contributed by atoms with van der Waals surface area (Å²) in [5.74, 6) is 1.19. The van der Waals surface area contributed by atoms with Gasteiger partial charge in [0.1, 0.15) is 0 Å². The first-order valence-corrected chi connectivity index (χ1v) is 6.30. The lowest BCUT2D eigenvalue weighted by atomic mass is 10.1. The molecule has 1 aliphatic rings. The zero-order chi connectivity index (χ0) is 11.3. The Kier molecular flexibility index (Phi) is 4.73. The van der Waals surface area contributed by atoms with Gasteiger partial charge >= 0.3 is 6.03 Å². The second-order valence-corrected chi connectivity index (χ2v) is 5.89. The summed E-state index contributed by atoms with van der Waals surface area (Å²) in [7, 11) is 1.69. The summed E-state index contributed by atoms with van der Waals surface area (Å²) in [6, 6.07) is -0.0993. The van der Waals surface area contributed by atoms with Gasteiger partial charge in [-0.15, -0.1) is 0 Å². The van der Waals surface area contributed by atoms with Crippen molar-refractivity contribution in [1.29, 1.82) is 0 Å². The van der Waals surface area contributed by atoms with E-state index in [0.29, 0.717) is 13.1 Å². The Morgan fingerprint density at radius 3 is 2.93 bits per heavy atom. The van der Waals surface area contributed by atoms with Gasteiger partial charge in [0.05, 0.1) is 6.61 Å². The van der Waals surface area contributed by atoms with Gasteiger partial charge in [-0.3, -0.25) is 0 Å². The average molecular weight is 232 g/mol. The molecule has 1 heterocycles. The molecule has 2 amide bonds. The number of thioether (sulfide) groups is 1. The monoisotopic (exact) mass is 232 g/mol. The summed E-state index contributed by atoms with van der Waals surface area (Å²) in [5.41, 5.74) is 0. The highest BCUT2D eigenvalue weighted by Gasteiger charge is 2.29. The van der Waals surface area contributed by atoms with E-state index in [1.165, 1.54) is 23.5 Å². The fourth-order valence-electron chi connectivity index (χ4n) is 1.63. The predicted molar refractivity (Wildman–Crippen MR) is 63.2 cm³/mol. The van der Waals surface area contributed by atoms with Crippen molar-refractivity contribution in [2.75, 3.05) is 32.5 Å². The molecule has 88 valence electrons. The van der Waals surface area contributed by atoms with Crippen molar-refractivity contribution in [3.63, 3.8) is 0 Å².